The van der Waals surface area contributed by atoms with Gasteiger partial charge in [0.15, 0.2) is 0 Å². The predicted molar refractivity (Wildman–Crippen MR) is 56.3 cm³/mol. The van der Waals surface area contributed by atoms with Crippen LogP contribution < -0.4 is 0 Å². The van der Waals surface area contributed by atoms with Gasteiger partial charge in [0.05, 0.1) is 0 Å². The Balaban J connectivity index is 2.34. The van der Waals surface area contributed by atoms with Gasteiger partial charge in [0, 0.05) is 20.1 Å². The molecule has 0 aromatic carbocycles. The van der Waals surface area contributed by atoms with Crippen LogP contribution in [0.1, 0.15) is 18.7 Å². The first-order valence-electron chi connectivity index (χ1n) is 5.21. The minimum Gasteiger partial charge on any atom is -0.480 e. The van der Waals surface area contributed by atoms with Crippen molar-refractivity contribution in [2.45, 2.75) is 20.0 Å². The van der Waals surface area contributed by atoms with E-state index < -0.39 is 5.97 Å². The van der Waals surface area contributed by atoms with E-state index in [0.29, 0.717) is 18.9 Å². The van der Waals surface area contributed by atoms with Gasteiger partial charge in [-0.3, -0.25) is 0 Å². The molecular formula is C10H16N2O5. The molecule has 1 aromatic rings. The summed E-state index contributed by atoms with van der Waals surface area (Å²) in [5, 5.41) is 16.0. The summed E-state index contributed by atoms with van der Waals surface area (Å²) in [5.74, 6) is 0.0426. The van der Waals surface area contributed by atoms with Crippen molar-refractivity contribution in [3.8, 4) is 0 Å². The molecule has 0 spiro atoms. The summed E-state index contributed by atoms with van der Waals surface area (Å²) in [7, 11) is 1.63. The van der Waals surface area contributed by atoms with E-state index in [1.54, 1.807) is 7.11 Å². The highest BCUT2D eigenvalue weighted by atomic mass is 16.5. The molecule has 1 N–H and O–H groups in total. The number of rotatable bonds is 8. The smallest absolute Gasteiger partial charge is 0.329 e. The van der Waals surface area contributed by atoms with E-state index in [1.165, 1.54) is 0 Å². The first kappa shape index (κ1) is 13.6. The summed E-state index contributed by atoms with van der Waals surface area (Å²) < 4.78 is 15.1. The second-order valence-corrected chi connectivity index (χ2v) is 3.74. The molecule has 0 bridgehead atoms. The first-order chi connectivity index (χ1) is 8.11. The van der Waals surface area contributed by atoms with E-state index in [-0.39, 0.29) is 25.0 Å². The minimum absolute atomic E-state index is 0.0119. The van der Waals surface area contributed by atoms with Gasteiger partial charge < -0.3 is 19.0 Å². The van der Waals surface area contributed by atoms with Gasteiger partial charge in [-0.25, -0.2) is 4.79 Å². The quantitative estimate of drug-likeness (QED) is 0.711. The molecule has 0 aliphatic rings. The van der Waals surface area contributed by atoms with E-state index in [4.69, 9.17) is 19.0 Å². The zero-order valence-corrected chi connectivity index (χ0v) is 9.88. The fraction of sp³-hybridized carbons (Fsp3) is 0.700. The van der Waals surface area contributed by atoms with Crippen molar-refractivity contribution in [2.24, 2.45) is 5.92 Å². The number of aromatic nitrogens is 2. The summed E-state index contributed by atoms with van der Waals surface area (Å²) in [4.78, 5) is 10.2. The normalized spacial score (nSPS) is 12.6. The van der Waals surface area contributed by atoms with Gasteiger partial charge in [-0.05, 0) is 5.92 Å². The van der Waals surface area contributed by atoms with Crippen LogP contribution in [-0.2, 0) is 27.3 Å². The predicted octanol–water partition coefficient (Wildman–Crippen LogP) is 0.496. The van der Waals surface area contributed by atoms with Gasteiger partial charge in [-0.2, -0.15) is 0 Å². The van der Waals surface area contributed by atoms with Crippen LogP contribution in [0.2, 0.25) is 0 Å². The zero-order valence-electron chi connectivity index (χ0n) is 9.88. The highest BCUT2D eigenvalue weighted by Gasteiger charge is 2.11. The van der Waals surface area contributed by atoms with Crippen LogP contribution in [0, 0.1) is 5.92 Å². The first-order valence-corrected chi connectivity index (χ1v) is 5.21. The maximum absolute atomic E-state index is 10.2. The molecule has 1 heterocycles. The van der Waals surface area contributed by atoms with Gasteiger partial charge >= 0.3 is 5.97 Å². The van der Waals surface area contributed by atoms with Gasteiger partial charge in [0.2, 0.25) is 11.8 Å². The van der Waals surface area contributed by atoms with Gasteiger partial charge in [0.1, 0.15) is 13.2 Å². The molecule has 17 heavy (non-hydrogen) atoms. The number of hydrogen-bond acceptors (Lipinski definition) is 6. The number of hydrogen-bond donors (Lipinski definition) is 1. The molecule has 7 heteroatoms. The van der Waals surface area contributed by atoms with Gasteiger partial charge in [-0.1, -0.05) is 6.92 Å². The number of ether oxygens (including phenoxy) is 2. The van der Waals surface area contributed by atoms with Crippen LogP contribution >= 0.6 is 0 Å². The summed E-state index contributed by atoms with van der Waals surface area (Å²) in [5.41, 5.74) is 0. The lowest BCUT2D eigenvalue weighted by molar-refractivity contribution is -0.142. The Morgan fingerprint density at radius 1 is 1.47 bits per heavy atom. The Labute approximate surface area is 98.7 Å². The van der Waals surface area contributed by atoms with Gasteiger partial charge in [0.25, 0.3) is 0 Å². The van der Waals surface area contributed by atoms with Gasteiger partial charge in [-0.15, -0.1) is 10.2 Å². The molecule has 7 nitrogen and oxygen atoms in total. The molecular weight excluding hydrogens is 228 g/mol. The van der Waals surface area contributed by atoms with Crippen molar-refractivity contribution >= 4 is 5.97 Å². The highest BCUT2D eigenvalue weighted by Crippen LogP contribution is 2.08. The molecule has 0 fully saturated rings. The van der Waals surface area contributed by atoms with E-state index in [1.807, 2.05) is 6.92 Å². The van der Waals surface area contributed by atoms with Crippen LogP contribution in [-0.4, -0.2) is 41.6 Å². The number of aliphatic carboxylic acids is 1. The number of carboxylic acids is 1. The number of methoxy groups -OCH3 is 1. The molecule has 0 saturated carbocycles. The van der Waals surface area contributed by atoms with Crippen LogP contribution in [0.4, 0.5) is 0 Å². The summed E-state index contributed by atoms with van der Waals surface area (Å²) >= 11 is 0. The van der Waals surface area contributed by atoms with Crippen LogP contribution in [0.5, 0.6) is 0 Å². The maximum Gasteiger partial charge on any atom is 0.329 e. The van der Waals surface area contributed by atoms with E-state index in [2.05, 4.69) is 10.2 Å². The molecule has 1 rings (SSSR count). The fourth-order valence-corrected chi connectivity index (χ4v) is 1.30. The molecule has 1 atom stereocenters. The van der Waals surface area contributed by atoms with Crippen LogP contribution in [0.3, 0.4) is 0 Å². The molecule has 1 aromatic heterocycles. The molecule has 0 radical (unpaired) electrons. The van der Waals surface area contributed by atoms with Crippen LogP contribution in [0.25, 0.3) is 0 Å². The second kappa shape index (κ2) is 6.97. The zero-order chi connectivity index (χ0) is 12.7. The lowest BCUT2D eigenvalue weighted by Gasteiger charge is -2.05. The lowest BCUT2D eigenvalue weighted by Crippen LogP contribution is -2.07. The van der Waals surface area contributed by atoms with E-state index in [0.717, 1.165) is 0 Å². The average molecular weight is 244 g/mol. The fourth-order valence-electron chi connectivity index (χ4n) is 1.30. The van der Waals surface area contributed by atoms with Crippen molar-refractivity contribution < 1.29 is 23.8 Å². The third-order valence-corrected chi connectivity index (χ3v) is 1.93. The van der Waals surface area contributed by atoms with Crippen molar-refractivity contribution in [1.29, 1.82) is 0 Å². The molecule has 0 aliphatic carbocycles. The standard InChI is InChI=1S/C10H16N2O5/c1-7(4-15-2)3-8-11-12-9(17-8)5-16-6-10(13)14/h7H,3-6H2,1-2H3,(H,13,14). The van der Waals surface area contributed by atoms with Crippen molar-refractivity contribution in [3.63, 3.8) is 0 Å². The van der Waals surface area contributed by atoms with E-state index in [9.17, 15) is 4.79 Å². The van der Waals surface area contributed by atoms with E-state index >= 15 is 0 Å². The Hall–Kier alpha value is -1.47. The number of nitrogens with zero attached hydrogens (tertiary/aromatic N) is 2. The molecule has 96 valence electrons. The average Bonchev–Trinajstić information content (AvgIpc) is 2.65. The maximum atomic E-state index is 10.2. The van der Waals surface area contributed by atoms with Crippen molar-refractivity contribution in [3.05, 3.63) is 11.8 Å². The summed E-state index contributed by atoms with van der Waals surface area (Å²) in [6, 6.07) is 0. The lowest BCUT2D eigenvalue weighted by atomic mass is 10.1. The SMILES string of the molecule is COCC(C)Cc1nnc(COCC(=O)O)o1. The highest BCUT2D eigenvalue weighted by molar-refractivity contribution is 5.67. The minimum atomic E-state index is -1.03. The summed E-state index contributed by atoms with van der Waals surface area (Å²) in [6.45, 7) is 2.26. The Kier molecular flexibility index (Phi) is 5.58. The Morgan fingerprint density at radius 2 is 2.18 bits per heavy atom. The summed E-state index contributed by atoms with van der Waals surface area (Å²) in [6.07, 6.45) is 0.625. The van der Waals surface area contributed by atoms with Crippen LogP contribution in [0.15, 0.2) is 4.42 Å². The number of carboxylic acid groups (broad SMARTS) is 1. The molecule has 0 aliphatic heterocycles. The largest absolute Gasteiger partial charge is 0.480 e. The van der Waals surface area contributed by atoms with Crippen molar-refractivity contribution in [2.75, 3.05) is 20.3 Å². The molecule has 1 unspecified atom stereocenters. The molecule has 0 amide bonds. The second-order valence-electron chi connectivity index (χ2n) is 3.74. The monoisotopic (exact) mass is 244 g/mol. The number of carbonyl (C=O) groups is 1. The third kappa shape index (κ3) is 5.41. The topological polar surface area (TPSA) is 94.7 Å². The Bertz CT molecular complexity index is 352. The Morgan fingerprint density at radius 3 is 2.82 bits per heavy atom. The molecule has 0 saturated heterocycles. The van der Waals surface area contributed by atoms with Crippen molar-refractivity contribution in [1.82, 2.24) is 10.2 Å². The third-order valence-electron chi connectivity index (χ3n) is 1.93.